The summed E-state index contributed by atoms with van der Waals surface area (Å²) in [6, 6.07) is 7.46. The van der Waals surface area contributed by atoms with E-state index in [-0.39, 0.29) is 0 Å². The van der Waals surface area contributed by atoms with Crippen LogP contribution in [-0.4, -0.2) is 27.4 Å². The predicted molar refractivity (Wildman–Crippen MR) is 80.2 cm³/mol. The highest BCUT2D eigenvalue weighted by atomic mass is 32.2. The monoisotopic (exact) mass is 321 g/mol. The summed E-state index contributed by atoms with van der Waals surface area (Å²) in [4.78, 5) is 4.34. The molecule has 0 bridgehead atoms. The lowest BCUT2D eigenvalue weighted by Crippen LogP contribution is -1.85. The minimum atomic E-state index is 0.446. The number of hydrogen-bond acceptors (Lipinski definition) is 9. The Balaban J connectivity index is 1.67. The molecule has 0 radical (unpaired) electrons. The van der Waals surface area contributed by atoms with Crippen molar-refractivity contribution in [3.63, 3.8) is 0 Å². The van der Waals surface area contributed by atoms with Gasteiger partial charge < -0.3 is 15.0 Å². The molecule has 0 spiro atoms. The molecular formula is C12H11N5O2S2. The van der Waals surface area contributed by atoms with Gasteiger partial charge in [0.2, 0.25) is 16.8 Å². The molecule has 0 saturated carbocycles. The van der Waals surface area contributed by atoms with Crippen molar-refractivity contribution < 1.29 is 9.26 Å². The number of hydrogen-bond donors (Lipinski definition) is 1. The molecule has 7 nitrogen and oxygen atoms in total. The molecule has 21 heavy (non-hydrogen) atoms. The number of ether oxygens (including phenoxy) is 1. The number of rotatable bonds is 5. The van der Waals surface area contributed by atoms with Crippen LogP contribution in [-0.2, 0) is 5.75 Å². The third kappa shape index (κ3) is 3.31. The smallest absolute Gasteiger partial charge is 0.237 e. The molecule has 2 heterocycles. The van der Waals surface area contributed by atoms with Crippen molar-refractivity contribution in [1.29, 1.82) is 0 Å². The van der Waals surface area contributed by atoms with Crippen molar-refractivity contribution in [2.75, 3.05) is 12.8 Å². The molecule has 2 aromatic heterocycles. The van der Waals surface area contributed by atoms with E-state index < -0.39 is 0 Å². The van der Waals surface area contributed by atoms with Gasteiger partial charge in [-0.15, -0.1) is 10.2 Å². The summed E-state index contributed by atoms with van der Waals surface area (Å²) < 4.78 is 11.1. The summed E-state index contributed by atoms with van der Waals surface area (Å²) in [7, 11) is 1.62. The van der Waals surface area contributed by atoms with Gasteiger partial charge in [0.15, 0.2) is 4.34 Å². The van der Waals surface area contributed by atoms with Crippen LogP contribution < -0.4 is 10.5 Å². The predicted octanol–water partition coefficient (Wildman–Crippen LogP) is 2.47. The van der Waals surface area contributed by atoms with E-state index >= 15 is 0 Å². The molecule has 0 amide bonds. The van der Waals surface area contributed by atoms with Gasteiger partial charge in [-0.3, -0.25) is 0 Å². The number of methoxy groups -OCH3 is 1. The Morgan fingerprint density at radius 2 is 2.10 bits per heavy atom. The van der Waals surface area contributed by atoms with Crippen LogP contribution in [0, 0.1) is 0 Å². The van der Waals surface area contributed by atoms with Gasteiger partial charge in [0.05, 0.1) is 12.9 Å². The first-order chi connectivity index (χ1) is 10.2. The molecule has 0 fully saturated rings. The summed E-state index contributed by atoms with van der Waals surface area (Å²) in [6.07, 6.45) is 0. The zero-order valence-electron chi connectivity index (χ0n) is 11.0. The third-order valence-corrected chi connectivity index (χ3v) is 4.43. The molecule has 0 aliphatic heterocycles. The standard InChI is InChI=1S/C12H11N5O2S2/c1-18-8-4-2-7(3-5-8)10-14-9(19-17-10)6-20-12-16-15-11(13)21-12/h2-5H,6H2,1H3,(H2,13,15). The molecule has 0 saturated heterocycles. The fraction of sp³-hybridized carbons (Fsp3) is 0.167. The van der Waals surface area contributed by atoms with E-state index in [1.165, 1.54) is 23.1 Å². The Morgan fingerprint density at radius 1 is 1.29 bits per heavy atom. The maximum Gasteiger partial charge on any atom is 0.237 e. The molecule has 1 aromatic carbocycles. The van der Waals surface area contributed by atoms with Gasteiger partial charge in [0, 0.05) is 5.56 Å². The van der Waals surface area contributed by atoms with Gasteiger partial charge in [-0.2, -0.15) is 4.98 Å². The highest BCUT2D eigenvalue weighted by Crippen LogP contribution is 2.27. The van der Waals surface area contributed by atoms with E-state index in [4.69, 9.17) is 15.0 Å². The number of anilines is 1. The largest absolute Gasteiger partial charge is 0.497 e. The Bertz CT molecular complexity index is 725. The topological polar surface area (TPSA) is 100.0 Å². The first kappa shape index (κ1) is 13.8. The third-order valence-electron chi connectivity index (χ3n) is 2.56. The first-order valence-corrected chi connectivity index (χ1v) is 7.73. The summed E-state index contributed by atoms with van der Waals surface area (Å²) in [6.45, 7) is 0. The Kier molecular flexibility index (Phi) is 4.02. The van der Waals surface area contributed by atoms with Crippen molar-refractivity contribution in [3.8, 4) is 17.1 Å². The van der Waals surface area contributed by atoms with Gasteiger partial charge in [-0.1, -0.05) is 28.3 Å². The molecule has 3 aromatic rings. The number of nitrogens with zero attached hydrogens (tertiary/aromatic N) is 4. The van der Waals surface area contributed by atoms with Crippen molar-refractivity contribution >= 4 is 28.2 Å². The molecule has 108 valence electrons. The summed E-state index contributed by atoms with van der Waals surface area (Å²) in [5.41, 5.74) is 6.39. The van der Waals surface area contributed by atoms with Gasteiger partial charge >= 0.3 is 0 Å². The van der Waals surface area contributed by atoms with E-state index in [2.05, 4.69) is 20.3 Å². The van der Waals surface area contributed by atoms with E-state index in [0.29, 0.717) is 22.6 Å². The minimum Gasteiger partial charge on any atom is -0.497 e. The van der Waals surface area contributed by atoms with Crippen molar-refractivity contribution in [2.45, 2.75) is 10.1 Å². The summed E-state index contributed by atoms with van der Waals surface area (Å²) in [5.74, 6) is 2.38. The maximum absolute atomic E-state index is 5.52. The molecule has 0 unspecified atom stereocenters. The second-order valence-electron chi connectivity index (χ2n) is 3.94. The second-order valence-corrected chi connectivity index (χ2v) is 6.17. The van der Waals surface area contributed by atoms with E-state index in [1.807, 2.05) is 24.3 Å². The summed E-state index contributed by atoms with van der Waals surface area (Å²) >= 11 is 2.79. The Morgan fingerprint density at radius 3 is 2.76 bits per heavy atom. The van der Waals surface area contributed by atoms with Crippen molar-refractivity contribution in [3.05, 3.63) is 30.2 Å². The lowest BCUT2D eigenvalue weighted by atomic mass is 10.2. The minimum absolute atomic E-state index is 0.446. The molecule has 3 rings (SSSR count). The number of benzene rings is 1. The second kappa shape index (κ2) is 6.10. The number of nitrogens with two attached hydrogens (primary N) is 1. The van der Waals surface area contributed by atoms with Crippen LogP contribution in [0.15, 0.2) is 33.1 Å². The van der Waals surface area contributed by atoms with E-state index in [9.17, 15) is 0 Å². The van der Waals surface area contributed by atoms with E-state index in [0.717, 1.165) is 15.7 Å². The Labute approximate surface area is 128 Å². The lowest BCUT2D eigenvalue weighted by Gasteiger charge is -1.98. The van der Waals surface area contributed by atoms with Crippen molar-refractivity contribution in [2.24, 2.45) is 0 Å². The molecule has 0 aliphatic rings. The molecule has 0 aliphatic carbocycles. The van der Waals surface area contributed by atoms with Crippen LogP contribution in [0.25, 0.3) is 11.4 Å². The zero-order chi connectivity index (χ0) is 14.7. The summed E-state index contributed by atoms with van der Waals surface area (Å²) in [5, 5.41) is 12.1. The Hall–Kier alpha value is -2.13. The van der Waals surface area contributed by atoms with Crippen LogP contribution in [0.2, 0.25) is 0 Å². The number of aromatic nitrogens is 4. The van der Waals surface area contributed by atoms with Crippen molar-refractivity contribution in [1.82, 2.24) is 20.3 Å². The van der Waals surface area contributed by atoms with E-state index in [1.54, 1.807) is 7.11 Å². The fourth-order valence-electron chi connectivity index (χ4n) is 1.57. The van der Waals surface area contributed by atoms with Crippen LogP contribution in [0.4, 0.5) is 5.13 Å². The molecule has 9 heteroatoms. The van der Waals surface area contributed by atoms with Gasteiger partial charge in [-0.05, 0) is 24.3 Å². The molecule has 0 atom stereocenters. The highest BCUT2D eigenvalue weighted by molar-refractivity contribution is 8.00. The SMILES string of the molecule is COc1ccc(-c2noc(CSc3nnc(N)s3)n2)cc1. The average molecular weight is 321 g/mol. The quantitative estimate of drug-likeness (QED) is 0.715. The van der Waals surface area contributed by atoms with Crippen LogP contribution >= 0.6 is 23.1 Å². The number of thioether (sulfide) groups is 1. The molecular weight excluding hydrogens is 310 g/mol. The average Bonchev–Trinajstić information content (AvgIpc) is 3.14. The lowest BCUT2D eigenvalue weighted by molar-refractivity contribution is 0.391. The van der Waals surface area contributed by atoms with Gasteiger partial charge in [0.25, 0.3) is 0 Å². The highest BCUT2D eigenvalue weighted by Gasteiger charge is 2.10. The first-order valence-electron chi connectivity index (χ1n) is 5.93. The number of nitrogen functional groups attached to an aromatic ring is 1. The van der Waals surface area contributed by atoms with Crippen LogP contribution in [0.5, 0.6) is 5.75 Å². The van der Waals surface area contributed by atoms with Gasteiger partial charge in [0.1, 0.15) is 5.75 Å². The maximum atomic E-state index is 5.52. The molecule has 2 N–H and O–H groups in total. The van der Waals surface area contributed by atoms with Gasteiger partial charge in [-0.25, -0.2) is 0 Å². The normalized spacial score (nSPS) is 10.7. The van der Waals surface area contributed by atoms with Crippen LogP contribution in [0.1, 0.15) is 5.89 Å². The fourth-order valence-corrected chi connectivity index (χ4v) is 3.05. The zero-order valence-corrected chi connectivity index (χ0v) is 12.6. The van der Waals surface area contributed by atoms with Crippen LogP contribution in [0.3, 0.4) is 0 Å².